The molecule has 0 radical (unpaired) electrons. The van der Waals surface area contributed by atoms with Crippen molar-refractivity contribution in [3.63, 3.8) is 0 Å². The Morgan fingerprint density at radius 2 is 1.65 bits per heavy atom. The van der Waals surface area contributed by atoms with E-state index in [1.54, 1.807) is 6.92 Å². The second kappa shape index (κ2) is 10.5. The molecule has 1 aromatic heterocycles. The number of aryl methyl sites for hydroxylation is 1. The molecule has 0 saturated carbocycles. The third-order valence-electron chi connectivity index (χ3n) is 6.02. The zero-order valence-electron chi connectivity index (χ0n) is 18.8. The molecule has 9 heteroatoms. The molecule has 2 heterocycles. The van der Waals surface area contributed by atoms with Crippen molar-refractivity contribution in [1.29, 1.82) is 0 Å². The number of ether oxygens (including phenoxy) is 3. The Hall–Kier alpha value is -3.08. The molecule has 1 aliphatic heterocycles. The predicted molar refractivity (Wildman–Crippen MR) is 123 cm³/mol. The summed E-state index contributed by atoms with van der Waals surface area (Å²) in [6.45, 7) is 1.35. The van der Waals surface area contributed by atoms with Crippen molar-refractivity contribution >= 4 is 0 Å². The van der Waals surface area contributed by atoms with Gasteiger partial charge in [-0.05, 0) is 18.1 Å². The lowest BCUT2D eigenvalue weighted by Crippen LogP contribution is -2.54. The first-order chi connectivity index (χ1) is 16.4. The van der Waals surface area contributed by atoms with Crippen molar-refractivity contribution in [2.24, 2.45) is 0 Å². The first-order valence-corrected chi connectivity index (χ1v) is 11.0. The first kappa shape index (κ1) is 24.1. The number of hydrogen-bond acceptors (Lipinski definition) is 7. The van der Waals surface area contributed by atoms with E-state index in [2.05, 4.69) is 4.98 Å². The Balaban J connectivity index is 1.61. The summed E-state index contributed by atoms with van der Waals surface area (Å²) in [5, 5.41) is 21.7. The topological polar surface area (TPSA) is 123 Å². The van der Waals surface area contributed by atoms with Crippen LogP contribution in [0.3, 0.4) is 0 Å². The minimum Gasteiger partial charge on any atom is -0.393 e. The average Bonchev–Trinajstić information content (AvgIpc) is 3.13. The average molecular weight is 469 g/mol. The van der Waals surface area contributed by atoms with E-state index in [1.165, 1.54) is 6.20 Å². The summed E-state index contributed by atoms with van der Waals surface area (Å²) in [5.74, 6) is 0. The van der Waals surface area contributed by atoms with Gasteiger partial charge < -0.3 is 24.4 Å². The molecule has 9 nitrogen and oxygen atoms in total. The molecule has 0 spiro atoms. The second-order valence-corrected chi connectivity index (χ2v) is 8.33. The Kier molecular flexibility index (Phi) is 7.40. The number of aliphatic hydroxyl groups is 2. The van der Waals surface area contributed by atoms with Gasteiger partial charge in [-0.15, -0.1) is 0 Å². The number of aromatic amines is 1. The fourth-order valence-electron chi connectivity index (χ4n) is 4.03. The molecule has 3 aromatic rings. The summed E-state index contributed by atoms with van der Waals surface area (Å²) in [6, 6.07) is 18.9. The highest BCUT2D eigenvalue weighted by Crippen LogP contribution is 2.40. The summed E-state index contributed by atoms with van der Waals surface area (Å²) < 4.78 is 19.1. The molecule has 1 fully saturated rings. The predicted octanol–water partition coefficient (Wildman–Crippen LogP) is 1.27. The molecular formula is C25H28N2O7. The third kappa shape index (κ3) is 4.89. The first-order valence-electron chi connectivity index (χ1n) is 11.0. The van der Waals surface area contributed by atoms with Gasteiger partial charge in [0.2, 0.25) is 0 Å². The monoisotopic (exact) mass is 468 g/mol. The van der Waals surface area contributed by atoms with E-state index >= 15 is 0 Å². The van der Waals surface area contributed by atoms with Gasteiger partial charge in [-0.1, -0.05) is 60.7 Å². The van der Waals surface area contributed by atoms with Gasteiger partial charge in [0, 0.05) is 11.8 Å². The van der Waals surface area contributed by atoms with Gasteiger partial charge in [0.25, 0.3) is 5.56 Å². The van der Waals surface area contributed by atoms with Crippen LogP contribution in [0.2, 0.25) is 0 Å². The molecule has 1 saturated heterocycles. The maximum absolute atomic E-state index is 12.5. The Morgan fingerprint density at radius 3 is 2.26 bits per heavy atom. The highest BCUT2D eigenvalue weighted by atomic mass is 16.6. The van der Waals surface area contributed by atoms with E-state index in [4.69, 9.17) is 14.2 Å². The van der Waals surface area contributed by atoms with Crippen molar-refractivity contribution in [2.75, 3.05) is 13.2 Å². The largest absolute Gasteiger partial charge is 0.393 e. The SMILES string of the molecule is Cc1cn([C@H]2O[C@H](COCc3ccccc3)[C@@](CO)(OCc3ccccc3)[C@@H]2O)c(=O)[nH]c1=O. The van der Waals surface area contributed by atoms with Crippen molar-refractivity contribution < 1.29 is 24.4 Å². The number of hydrogen-bond donors (Lipinski definition) is 3. The number of nitrogens with zero attached hydrogens (tertiary/aromatic N) is 1. The van der Waals surface area contributed by atoms with E-state index in [1.807, 2.05) is 60.7 Å². The number of aliphatic hydroxyl groups excluding tert-OH is 2. The summed E-state index contributed by atoms with van der Waals surface area (Å²) in [4.78, 5) is 26.5. The molecule has 0 bridgehead atoms. The lowest BCUT2D eigenvalue weighted by molar-refractivity contribution is -0.171. The standard InChI is InChI=1S/C25H28N2O7/c1-17-12-27(24(31)26-22(17)30)23-21(29)25(16-28,33-14-19-10-6-3-7-11-19)20(34-23)15-32-13-18-8-4-2-5-9-18/h2-12,20-21,23,28-29H,13-16H2,1H3,(H,26,30,31)/t20-,21-,23+,25-/m1/s1. The van der Waals surface area contributed by atoms with E-state index in [9.17, 15) is 19.8 Å². The summed E-state index contributed by atoms with van der Waals surface area (Å²) in [7, 11) is 0. The summed E-state index contributed by atoms with van der Waals surface area (Å²) >= 11 is 0. The van der Waals surface area contributed by atoms with E-state index in [0.29, 0.717) is 6.61 Å². The molecule has 0 aliphatic carbocycles. The molecular weight excluding hydrogens is 440 g/mol. The van der Waals surface area contributed by atoms with Crippen LogP contribution in [0.25, 0.3) is 0 Å². The zero-order chi connectivity index (χ0) is 24.1. The third-order valence-corrected chi connectivity index (χ3v) is 6.02. The van der Waals surface area contributed by atoms with Crippen LogP contribution >= 0.6 is 0 Å². The molecule has 34 heavy (non-hydrogen) atoms. The number of nitrogens with one attached hydrogen (secondary N) is 1. The van der Waals surface area contributed by atoms with Crippen LogP contribution in [0.4, 0.5) is 0 Å². The normalized spacial score (nSPS) is 24.4. The Morgan fingerprint density at radius 1 is 1.03 bits per heavy atom. The molecule has 0 amide bonds. The molecule has 0 unspecified atom stereocenters. The number of benzene rings is 2. The van der Waals surface area contributed by atoms with Crippen molar-refractivity contribution in [2.45, 2.75) is 44.2 Å². The highest BCUT2D eigenvalue weighted by molar-refractivity contribution is 5.15. The molecule has 2 aromatic carbocycles. The van der Waals surface area contributed by atoms with Gasteiger partial charge in [-0.3, -0.25) is 14.3 Å². The van der Waals surface area contributed by atoms with Crippen molar-refractivity contribution in [1.82, 2.24) is 9.55 Å². The van der Waals surface area contributed by atoms with Gasteiger partial charge in [-0.25, -0.2) is 4.79 Å². The lowest BCUT2D eigenvalue weighted by Gasteiger charge is -2.34. The van der Waals surface area contributed by atoms with Crippen molar-refractivity contribution in [3.05, 3.63) is 104 Å². The smallest absolute Gasteiger partial charge is 0.330 e. The van der Waals surface area contributed by atoms with Crippen LogP contribution in [-0.4, -0.2) is 50.8 Å². The minimum atomic E-state index is -1.57. The van der Waals surface area contributed by atoms with Crippen molar-refractivity contribution in [3.8, 4) is 0 Å². The maximum Gasteiger partial charge on any atom is 0.330 e. The molecule has 3 N–H and O–H groups in total. The maximum atomic E-state index is 12.5. The lowest BCUT2D eigenvalue weighted by atomic mass is 9.92. The van der Waals surface area contributed by atoms with Gasteiger partial charge in [0.15, 0.2) is 6.23 Å². The zero-order valence-corrected chi connectivity index (χ0v) is 18.8. The van der Waals surface area contributed by atoms with Gasteiger partial charge in [0.05, 0.1) is 26.4 Å². The molecule has 1 aliphatic rings. The van der Waals surface area contributed by atoms with E-state index in [-0.39, 0.29) is 18.8 Å². The Labute approximate surface area is 196 Å². The number of aromatic nitrogens is 2. The van der Waals surface area contributed by atoms with Crippen LogP contribution in [0, 0.1) is 6.92 Å². The fraction of sp³-hybridized carbons (Fsp3) is 0.360. The molecule has 180 valence electrons. The van der Waals surface area contributed by atoms with Gasteiger partial charge in [-0.2, -0.15) is 0 Å². The molecule has 4 rings (SSSR count). The van der Waals surface area contributed by atoms with Crippen LogP contribution in [0.5, 0.6) is 0 Å². The number of rotatable bonds is 9. The van der Waals surface area contributed by atoms with Crippen LogP contribution in [0.15, 0.2) is 76.4 Å². The second-order valence-electron chi connectivity index (χ2n) is 8.33. The highest BCUT2D eigenvalue weighted by Gasteiger charge is 2.58. The van der Waals surface area contributed by atoms with Gasteiger partial charge in [0.1, 0.15) is 17.8 Å². The Bertz CT molecular complexity index is 1200. The van der Waals surface area contributed by atoms with Crippen LogP contribution in [0.1, 0.15) is 22.9 Å². The van der Waals surface area contributed by atoms with Gasteiger partial charge >= 0.3 is 5.69 Å². The quantitative estimate of drug-likeness (QED) is 0.432. The summed E-state index contributed by atoms with van der Waals surface area (Å²) in [5.41, 5.74) is -0.762. The van der Waals surface area contributed by atoms with Crippen LogP contribution < -0.4 is 11.2 Å². The fourth-order valence-corrected chi connectivity index (χ4v) is 4.03. The molecule has 4 atom stereocenters. The number of H-pyrrole nitrogens is 1. The van der Waals surface area contributed by atoms with E-state index in [0.717, 1.165) is 15.7 Å². The van der Waals surface area contributed by atoms with E-state index < -0.39 is 41.9 Å². The van der Waals surface area contributed by atoms with Crippen LogP contribution in [-0.2, 0) is 27.4 Å². The minimum absolute atomic E-state index is 0.00507. The summed E-state index contributed by atoms with van der Waals surface area (Å²) in [6.07, 6.45) is -2.20.